The molecule has 0 aromatic heterocycles. The lowest BCUT2D eigenvalue weighted by Crippen LogP contribution is -2.39. The van der Waals surface area contributed by atoms with Gasteiger partial charge >= 0.3 is 0 Å². The molecular weight excluding hydrogens is 242 g/mol. The molecule has 0 spiro atoms. The van der Waals surface area contributed by atoms with Crippen LogP contribution in [0, 0.1) is 0 Å². The van der Waals surface area contributed by atoms with Crippen LogP contribution in [0.2, 0.25) is 0 Å². The van der Waals surface area contributed by atoms with Gasteiger partial charge in [0.25, 0.3) is 0 Å². The fourth-order valence-electron chi connectivity index (χ4n) is 2.59. The molecule has 0 aliphatic heterocycles. The first-order valence-corrected chi connectivity index (χ1v) is 7.15. The Morgan fingerprint density at radius 3 is 2.44 bits per heavy atom. The summed E-state index contributed by atoms with van der Waals surface area (Å²) in [5, 5.41) is 0. The number of carbonyl (C=O) groups is 1. The van der Waals surface area contributed by atoms with Gasteiger partial charge in [-0.05, 0) is 30.5 Å². The van der Waals surface area contributed by atoms with Crippen molar-refractivity contribution in [3.05, 3.63) is 29.8 Å². The molecule has 1 saturated carbocycles. The molecule has 2 rings (SSSR count). The van der Waals surface area contributed by atoms with Gasteiger partial charge in [0.05, 0.1) is 6.42 Å². The van der Waals surface area contributed by atoms with E-state index in [1.165, 1.54) is 19.3 Å². The minimum Gasteiger partial charge on any atom is -0.342 e. The van der Waals surface area contributed by atoms with Gasteiger partial charge in [0.2, 0.25) is 5.91 Å². The van der Waals surface area contributed by atoms with Crippen molar-refractivity contribution in [1.82, 2.24) is 4.90 Å². The normalized spacial score (nSPS) is 16.6. The third-order valence-corrected chi connectivity index (χ3v) is 4.11. The van der Waals surface area contributed by atoms with Crippen LogP contribution >= 0.6 is 12.6 Å². The Bertz CT molecular complexity index is 395. The molecule has 98 valence electrons. The number of rotatable bonds is 3. The zero-order valence-corrected chi connectivity index (χ0v) is 11.8. The summed E-state index contributed by atoms with van der Waals surface area (Å²) >= 11 is 4.25. The zero-order chi connectivity index (χ0) is 13.0. The molecule has 1 amide bonds. The summed E-state index contributed by atoms with van der Waals surface area (Å²) in [6, 6.07) is 8.29. The number of hydrogen-bond donors (Lipinski definition) is 1. The second-order valence-electron chi connectivity index (χ2n) is 5.14. The second kappa shape index (κ2) is 6.28. The van der Waals surface area contributed by atoms with Gasteiger partial charge < -0.3 is 4.90 Å². The maximum atomic E-state index is 12.2. The number of benzene rings is 1. The number of likely N-dealkylation sites (N-methyl/N-ethyl adjacent to an activating group) is 1. The quantitative estimate of drug-likeness (QED) is 0.830. The molecule has 18 heavy (non-hydrogen) atoms. The van der Waals surface area contributed by atoms with Crippen LogP contribution in [0.1, 0.15) is 37.7 Å². The first-order valence-electron chi connectivity index (χ1n) is 6.70. The molecule has 1 aliphatic rings. The van der Waals surface area contributed by atoms with E-state index in [4.69, 9.17) is 0 Å². The Morgan fingerprint density at radius 2 is 1.83 bits per heavy atom. The van der Waals surface area contributed by atoms with Crippen LogP contribution in [-0.2, 0) is 11.2 Å². The summed E-state index contributed by atoms with van der Waals surface area (Å²) in [7, 11) is 1.95. The first-order chi connectivity index (χ1) is 8.66. The topological polar surface area (TPSA) is 20.3 Å². The number of thiol groups is 1. The first kappa shape index (κ1) is 13.5. The van der Waals surface area contributed by atoms with Crippen LogP contribution in [0.4, 0.5) is 0 Å². The molecule has 2 nitrogen and oxygen atoms in total. The highest BCUT2D eigenvalue weighted by atomic mass is 32.1. The lowest BCUT2D eigenvalue weighted by molar-refractivity contribution is -0.131. The van der Waals surface area contributed by atoms with E-state index in [-0.39, 0.29) is 5.91 Å². The molecule has 1 fully saturated rings. The number of amides is 1. The summed E-state index contributed by atoms with van der Waals surface area (Å²) in [6.07, 6.45) is 6.67. The average molecular weight is 263 g/mol. The molecule has 0 saturated heterocycles. The number of carbonyl (C=O) groups excluding carboxylic acids is 1. The van der Waals surface area contributed by atoms with Crippen LogP contribution in [0.15, 0.2) is 29.2 Å². The van der Waals surface area contributed by atoms with Gasteiger partial charge in [-0.15, -0.1) is 12.6 Å². The van der Waals surface area contributed by atoms with E-state index in [2.05, 4.69) is 12.6 Å². The van der Waals surface area contributed by atoms with E-state index in [0.29, 0.717) is 12.5 Å². The van der Waals surface area contributed by atoms with E-state index < -0.39 is 0 Å². The van der Waals surface area contributed by atoms with E-state index in [1.807, 2.05) is 36.2 Å². The average Bonchev–Trinajstić information content (AvgIpc) is 2.41. The van der Waals surface area contributed by atoms with Crippen molar-refractivity contribution in [3.8, 4) is 0 Å². The van der Waals surface area contributed by atoms with E-state index in [0.717, 1.165) is 23.3 Å². The molecule has 0 unspecified atom stereocenters. The fourth-order valence-corrected chi connectivity index (χ4v) is 2.73. The highest BCUT2D eigenvalue weighted by Crippen LogP contribution is 2.22. The Hall–Kier alpha value is -0.960. The molecule has 0 radical (unpaired) electrons. The lowest BCUT2D eigenvalue weighted by Gasteiger charge is -2.31. The maximum absolute atomic E-state index is 12.2. The predicted molar refractivity (Wildman–Crippen MR) is 77.0 cm³/mol. The second-order valence-corrected chi connectivity index (χ2v) is 5.66. The fraction of sp³-hybridized carbons (Fsp3) is 0.533. The number of hydrogen-bond acceptors (Lipinski definition) is 2. The van der Waals surface area contributed by atoms with Crippen LogP contribution in [-0.4, -0.2) is 23.9 Å². The molecule has 0 atom stereocenters. The van der Waals surface area contributed by atoms with Crippen molar-refractivity contribution in [2.24, 2.45) is 0 Å². The van der Waals surface area contributed by atoms with Crippen LogP contribution in [0.5, 0.6) is 0 Å². The Balaban J connectivity index is 1.92. The van der Waals surface area contributed by atoms with Crippen molar-refractivity contribution < 1.29 is 4.79 Å². The van der Waals surface area contributed by atoms with Crippen molar-refractivity contribution in [3.63, 3.8) is 0 Å². The third-order valence-electron chi connectivity index (χ3n) is 3.81. The predicted octanol–water partition coefficient (Wildman–Crippen LogP) is 3.31. The molecule has 3 heteroatoms. The van der Waals surface area contributed by atoms with Gasteiger partial charge in [-0.3, -0.25) is 4.79 Å². The van der Waals surface area contributed by atoms with Crippen molar-refractivity contribution in [2.45, 2.75) is 49.5 Å². The highest BCUT2D eigenvalue weighted by Gasteiger charge is 2.21. The Morgan fingerprint density at radius 1 is 1.22 bits per heavy atom. The molecular formula is C15H21NOS. The summed E-state index contributed by atoms with van der Waals surface area (Å²) < 4.78 is 0. The number of nitrogens with zero attached hydrogens (tertiary/aromatic N) is 1. The summed E-state index contributed by atoms with van der Waals surface area (Å²) in [5.41, 5.74) is 1.07. The lowest BCUT2D eigenvalue weighted by atomic mass is 9.94. The van der Waals surface area contributed by atoms with Crippen molar-refractivity contribution in [1.29, 1.82) is 0 Å². The summed E-state index contributed by atoms with van der Waals surface area (Å²) in [4.78, 5) is 15.1. The largest absolute Gasteiger partial charge is 0.342 e. The maximum Gasteiger partial charge on any atom is 0.226 e. The monoisotopic (exact) mass is 263 g/mol. The van der Waals surface area contributed by atoms with Gasteiger partial charge in [-0.25, -0.2) is 0 Å². The Labute approximate surface area is 115 Å². The smallest absolute Gasteiger partial charge is 0.226 e. The minimum absolute atomic E-state index is 0.230. The van der Waals surface area contributed by atoms with Gasteiger partial charge in [0.1, 0.15) is 0 Å². The third kappa shape index (κ3) is 3.52. The molecule has 1 aliphatic carbocycles. The Kier molecular flexibility index (Phi) is 4.70. The van der Waals surface area contributed by atoms with Gasteiger partial charge in [-0.2, -0.15) is 0 Å². The van der Waals surface area contributed by atoms with Crippen molar-refractivity contribution in [2.75, 3.05) is 7.05 Å². The molecule has 0 bridgehead atoms. The van der Waals surface area contributed by atoms with Gasteiger partial charge in [0, 0.05) is 18.0 Å². The minimum atomic E-state index is 0.230. The summed E-state index contributed by atoms with van der Waals surface area (Å²) in [6.45, 7) is 0. The molecule has 0 heterocycles. The van der Waals surface area contributed by atoms with E-state index in [1.54, 1.807) is 0 Å². The highest BCUT2D eigenvalue weighted by molar-refractivity contribution is 7.80. The van der Waals surface area contributed by atoms with Crippen molar-refractivity contribution >= 4 is 18.5 Å². The zero-order valence-electron chi connectivity index (χ0n) is 10.9. The van der Waals surface area contributed by atoms with Crippen LogP contribution in [0.3, 0.4) is 0 Å². The van der Waals surface area contributed by atoms with Crippen LogP contribution in [0.25, 0.3) is 0 Å². The molecule has 1 aromatic carbocycles. The standard InChI is InChI=1S/C15H21NOS/c1-16(13-5-3-2-4-6-13)15(17)11-12-7-9-14(18)10-8-12/h7-10,13,18H,2-6,11H2,1H3. The SMILES string of the molecule is CN(C(=O)Cc1ccc(S)cc1)C1CCCCC1. The van der Waals surface area contributed by atoms with Gasteiger partial charge in [0.15, 0.2) is 0 Å². The molecule has 1 aromatic rings. The van der Waals surface area contributed by atoms with Crippen LogP contribution < -0.4 is 0 Å². The van der Waals surface area contributed by atoms with E-state index in [9.17, 15) is 4.79 Å². The van der Waals surface area contributed by atoms with Gasteiger partial charge in [-0.1, -0.05) is 31.4 Å². The summed E-state index contributed by atoms with van der Waals surface area (Å²) in [5.74, 6) is 0.230. The molecule has 0 N–H and O–H groups in total. The van der Waals surface area contributed by atoms with E-state index >= 15 is 0 Å².